The Morgan fingerprint density at radius 1 is 0.947 bits per heavy atom. The predicted octanol–water partition coefficient (Wildman–Crippen LogP) is 2.83. The Balaban J connectivity index is 2.16. The van der Waals surface area contributed by atoms with Gasteiger partial charge in [-0.2, -0.15) is 0 Å². The number of hydrogen-bond donors (Lipinski definition) is 1. The summed E-state index contributed by atoms with van der Waals surface area (Å²) in [5.74, 6) is 0.674. The molecular formula is C16H14N2O. The zero-order chi connectivity index (χ0) is 13.1. The molecule has 1 heterocycles. The van der Waals surface area contributed by atoms with Crippen LogP contribution >= 0.6 is 0 Å². The van der Waals surface area contributed by atoms with Gasteiger partial charge in [0.25, 0.3) is 0 Å². The molecule has 3 rings (SSSR count). The van der Waals surface area contributed by atoms with Crippen LogP contribution in [0.3, 0.4) is 0 Å². The van der Waals surface area contributed by atoms with Crippen molar-refractivity contribution in [2.75, 3.05) is 6.61 Å². The largest absolute Gasteiger partial charge is 0.396 e. The summed E-state index contributed by atoms with van der Waals surface area (Å²) < 4.78 is 0. The molecule has 0 aliphatic heterocycles. The van der Waals surface area contributed by atoms with Crippen LogP contribution in [-0.2, 0) is 6.42 Å². The zero-order valence-corrected chi connectivity index (χ0v) is 10.5. The Morgan fingerprint density at radius 3 is 2.68 bits per heavy atom. The molecule has 19 heavy (non-hydrogen) atoms. The van der Waals surface area contributed by atoms with Crippen molar-refractivity contribution in [1.29, 1.82) is 0 Å². The molecule has 94 valence electrons. The van der Waals surface area contributed by atoms with Gasteiger partial charge in [0.2, 0.25) is 0 Å². The molecule has 0 radical (unpaired) electrons. The Kier molecular flexibility index (Phi) is 3.21. The van der Waals surface area contributed by atoms with E-state index >= 15 is 0 Å². The van der Waals surface area contributed by atoms with Crippen LogP contribution in [0.5, 0.6) is 0 Å². The Labute approximate surface area is 111 Å². The third kappa shape index (κ3) is 2.33. The molecule has 0 fully saturated rings. The molecule has 3 aromatic rings. The Morgan fingerprint density at radius 2 is 1.79 bits per heavy atom. The van der Waals surface area contributed by atoms with E-state index in [1.54, 1.807) is 6.20 Å². The van der Waals surface area contributed by atoms with E-state index in [1.165, 1.54) is 10.8 Å². The van der Waals surface area contributed by atoms with E-state index in [1.807, 2.05) is 24.3 Å². The lowest BCUT2D eigenvalue weighted by Crippen LogP contribution is -1.99. The van der Waals surface area contributed by atoms with Crippen LogP contribution in [0.25, 0.3) is 22.0 Å². The van der Waals surface area contributed by atoms with E-state index in [4.69, 9.17) is 5.11 Å². The molecule has 0 saturated carbocycles. The molecule has 0 amide bonds. The van der Waals surface area contributed by atoms with E-state index < -0.39 is 0 Å². The normalized spacial score (nSPS) is 10.8. The number of hydrogen-bond acceptors (Lipinski definition) is 3. The number of nitrogens with zero attached hydrogens (tertiary/aromatic N) is 2. The number of aromatic nitrogens is 2. The number of rotatable bonds is 3. The molecule has 0 bridgehead atoms. The number of benzene rings is 2. The summed E-state index contributed by atoms with van der Waals surface area (Å²) in [6, 6.07) is 16.3. The molecule has 2 aromatic carbocycles. The van der Waals surface area contributed by atoms with Gasteiger partial charge in [-0.3, -0.25) is 0 Å². The second-order valence-electron chi connectivity index (χ2n) is 4.36. The maximum Gasteiger partial charge on any atom is 0.131 e. The van der Waals surface area contributed by atoms with Crippen LogP contribution in [0.15, 0.2) is 54.7 Å². The topological polar surface area (TPSA) is 46.0 Å². The lowest BCUT2D eigenvalue weighted by molar-refractivity contribution is 0.296. The maximum absolute atomic E-state index is 8.97. The van der Waals surface area contributed by atoms with Crippen molar-refractivity contribution < 1.29 is 5.11 Å². The summed E-state index contributed by atoms with van der Waals surface area (Å²) in [5, 5.41) is 11.3. The highest BCUT2D eigenvalue weighted by atomic mass is 16.3. The molecule has 0 aliphatic carbocycles. The van der Waals surface area contributed by atoms with Gasteiger partial charge >= 0.3 is 0 Å². The van der Waals surface area contributed by atoms with Crippen LogP contribution in [0.1, 0.15) is 5.82 Å². The van der Waals surface area contributed by atoms with Crippen molar-refractivity contribution in [1.82, 2.24) is 9.97 Å². The van der Waals surface area contributed by atoms with E-state index in [0.717, 1.165) is 11.3 Å². The predicted molar refractivity (Wildman–Crippen MR) is 75.8 cm³/mol. The molecule has 3 heteroatoms. The van der Waals surface area contributed by atoms with Crippen molar-refractivity contribution in [2.24, 2.45) is 0 Å². The number of aliphatic hydroxyl groups excluding tert-OH is 1. The second kappa shape index (κ2) is 5.16. The minimum absolute atomic E-state index is 0.0684. The van der Waals surface area contributed by atoms with Crippen molar-refractivity contribution in [3.05, 3.63) is 60.6 Å². The molecule has 1 aromatic heterocycles. The van der Waals surface area contributed by atoms with Crippen molar-refractivity contribution in [2.45, 2.75) is 6.42 Å². The fraction of sp³-hybridized carbons (Fsp3) is 0.125. The summed E-state index contributed by atoms with van der Waals surface area (Å²) in [7, 11) is 0. The van der Waals surface area contributed by atoms with Crippen LogP contribution < -0.4 is 0 Å². The first-order valence-corrected chi connectivity index (χ1v) is 6.29. The van der Waals surface area contributed by atoms with Gasteiger partial charge in [0.05, 0.1) is 12.3 Å². The highest BCUT2D eigenvalue weighted by Gasteiger charge is 2.05. The van der Waals surface area contributed by atoms with E-state index in [2.05, 4.69) is 34.2 Å². The van der Waals surface area contributed by atoms with Gasteiger partial charge in [-0.05, 0) is 16.8 Å². The molecule has 3 nitrogen and oxygen atoms in total. The van der Waals surface area contributed by atoms with Crippen LogP contribution in [-0.4, -0.2) is 21.7 Å². The SMILES string of the molecule is OCCc1nccc(-c2cccc3ccccc23)n1. The summed E-state index contributed by atoms with van der Waals surface area (Å²) in [6.45, 7) is 0.0684. The minimum Gasteiger partial charge on any atom is -0.396 e. The highest BCUT2D eigenvalue weighted by Crippen LogP contribution is 2.26. The quantitative estimate of drug-likeness (QED) is 0.777. The van der Waals surface area contributed by atoms with Gasteiger partial charge in [0.15, 0.2) is 0 Å². The van der Waals surface area contributed by atoms with Crippen LogP contribution in [0.2, 0.25) is 0 Å². The minimum atomic E-state index is 0.0684. The zero-order valence-electron chi connectivity index (χ0n) is 10.5. The highest BCUT2D eigenvalue weighted by molar-refractivity contribution is 5.95. The average Bonchev–Trinajstić information content (AvgIpc) is 2.47. The molecule has 0 spiro atoms. The summed E-state index contributed by atoms with van der Waals surface area (Å²) in [5.41, 5.74) is 2.00. The van der Waals surface area contributed by atoms with Crippen molar-refractivity contribution in [3.63, 3.8) is 0 Å². The summed E-state index contributed by atoms with van der Waals surface area (Å²) in [6.07, 6.45) is 2.23. The molecular weight excluding hydrogens is 236 g/mol. The number of fused-ring (bicyclic) bond motifs is 1. The second-order valence-corrected chi connectivity index (χ2v) is 4.36. The monoisotopic (exact) mass is 250 g/mol. The van der Waals surface area contributed by atoms with Crippen LogP contribution in [0, 0.1) is 0 Å². The number of aliphatic hydroxyl groups is 1. The van der Waals surface area contributed by atoms with E-state index in [0.29, 0.717) is 12.2 Å². The van der Waals surface area contributed by atoms with Gasteiger partial charge in [0.1, 0.15) is 5.82 Å². The Hall–Kier alpha value is -2.26. The first kappa shape index (κ1) is 11.8. The molecule has 0 unspecified atom stereocenters. The van der Waals surface area contributed by atoms with E-state index in [9.17, 15) is 0 Å². The summed E-state index contributed by atoms with van der Waals surface area (Å²) >= 11 is 0. The molecule has 0 saturated heterocycles. The fourth-order valence-electron chi connectivity index (χ4n) is 2.22. The fourth-order valence-corrected chi connectivity index (χ4v) is 2.22. The van der Waals surface area contributed by atoms with Crippen LogP contribution in [0.4, 0.5) is 0 Å². The molecule has 0 aliphatic rings. The molecule has 1 N–H and O–H groups in total. The van der Waals surface area contributed by atoms with Gasteiger partial charge in [-0.15, -0.1) is 0 Å². The lowest BCUT2D eigenvalue weighted by Gasteiger charge is -2.07. The van der Waals surface area contributed by atoms with Gasteiger partial charge < -0.3 is 5.11 Å². The smallest absolute Gasteiger partial charge is 0.131 e. The first-order valence-electron chi connectivity index (χ1n) is 6.29. The third-order valence-corrected chi connectivity index (χ3v) is 3.11. The maximum atomic E-state index is 8.97. The van der Waals surface area contributed by atoms with Gasteiger partial charge in [-0.1, -0.05) is 42.5 Å². The summed E-state index contributed by atoms with van der Waals surface area (Å²) in [4.78, 5) is 8.68. The lowest BCUT2D eigenvalue weighted by atomic mass is 10.0. The third-order valence-electron chi connectivity index (χ3n) is 3.11. The van der Waals surface area contributed by atoms with Crippen molar-refractivity contribution >= 4 is 10.8 Å². The standard InChI is InChI=1S/C16H14N2O/c19-11-9-16-17-10-8-15(18-16)14-7-3-5-12-4-1-2-6-13(12)14/h1-8,10,19H,9,11H2. The van der Waals surface area contributed by atoms with Gasteiger partial charge in [0, 0.05) is 18.2 Å². The molecule has 0 atom stereocenters. The van der Waals surface area contributed by atoms with E-state index in [-0.39, 0.29) is 6.61 Å². The van der Waals surface area contributed by atoms with Crippen molar-refractivity contribution in [3.8, 4) is 11.3 Å². The Bertz CT molecular complexity index is 704. The average molecular weight is 250 g/mol. The first-order chi connectivity index (χ1) is 9.38. The van der Waals surface area contributed by atoms with Gasteiger partial charge in [-0.25, -0.2) is 9.97 Å².